The summed E-state index contributed by atoms with van der Waals surface area (Å²) in [6.07, 6.45) is 5.30. The first-order valence-corrected chi connectivity index (χ1v) is 12.9. The highest BCUT2D eigenvalue weighted by Gasteiger charge is 2.22. The molecule has 4 N–H and O–H groups in total. The van der Waals surface area contributed by atoms with Gasteiger partial charge in [-0.15, -0.1) is 0 Å². The van der Waals surface area contributed by atoms with Crippen molar-refractivity contribution < 1.29 is 9.50 Å². The Bertz CT molecular complexity index is 1870. The third-order valence-corrected chi connectivity index (χ3v) is 6.98. The van der Waals surface area contributed by atoms with Crippen molar-refractivity contribution in [3.8, 4) is 16.9 Å². The average molecular weight is 544 g/mol. The number of aliphatic hydroxyl groups is 1. The number of benzene rings is 1. The van der Waals surface area contributed by atoms with Crippen LogP contribution in [0.4, 0.5) is 15.9 Å². The summed E-state index contributed by atoms with van der Waals surface area (Å²) < 4.78 is 16.2. The Morgan fingerprint density at radius 2 is 1.90 bits per heavy atom. The topological polar surface area (TPSA) is 142 Å². The molecule has 0 atom stereocenters. The maximum atomic E-state index is 15.2. The molecular weight excluding hydrogens is 513 g/mol. The van der Waals surface area contributed by atoms with Crippen molar-refractivity contribution in [1.82, 2.24) is 29.9 Å². The molecule has 0 aliphatic rings. The lowest BCUT2D eigenvalue weighted by Gasteiger charge is -2.20. The van der Waals surface area contributed by atoms with E-state index < -0.39 is 18.0 Å². The zero-order valence-corrected chi connectivity index (χ0v) is 22.9. The number of aryl methyl sites for hydroxylation is 2. The van der Waals surface area contributed by atoms with Crippen LogP contribution in [0.25, 0.3) is 27.7 Å². The summed E-state index contributed by atoms with van der Waals surface area (Å²) in [6.45, 7) is 9.11. The summed E-state index contributed by atoms with van der Waals surface area (Å²) in [7, 11) is 0. The van der Waals surface area contributed by atoms with E-state index in [2.05, 4.69) is 30.6 Å². The van der Waals surface area contributed by atoms with E-state index in [1.807, 2.05) is 27.7 Å². The Morgan fingerprint density at radius 1 is 1.12 bits per heavy atom. The second-order valence-electron chi connectivity index (χ2n) is 10.7. The van der Waals surface area contributed by atoms with Crippen LogP contribution in [0.1, 0.15) is 50.1 Å². The number of anilines is 2. The van der Waals surface area contributed by atoms with Crippen LogP contribution >= 0.6 is 0 Å². The molecule has 5 rings (SSSR count). The first kappa shape index (κ1) is 26.9. The van der Waals surface area contributed by atoms with E-state index in [1.165, 1.54) is 18.5 Å². The molecule has 0 radical (unpaired) electrons. The molecule has 10 nitrogen and oxygen atoms in total. The van der Waals surface area contributed by atoms with Gasteiger partial charge in [-0.1, -0.05) is 27.7 Å². The molecule has 0 aliphatic carbocycles. The van der Waals surface area contributed by atoms with Crippen molar-refractivity contribution in [2.45, 2.75) is 53.1 Å². The van der Waals surface area contributed by atoms with Gasteiger partial charge in [0.2, 0.25) is 0 Å². The summed E-state index contributed by atoms with van der Waals surface area (Å²) in [5.74, 6) is 0.0139. The molecule has 11 heteroatoms. The predicted octanol–water partition coefficient (Wildman–Crippen LogP) is 4.40. The second kappa shape index (κ2) is 10.2. The van der Waals surface area contributed by atoms with Crippen molar-refractivity contribution in [3.63, 3.8) is 0 Å². The molecule has 1 aromatic carbocycles. The van der Waals surface area contributed by atoms with Gasteiger partial charge in [-0.25, -0.2) is 9.37 Å². The lowest BCUT2D eigenvalue weighted by atomic mass is 9.86. The Labute approximate surface area is 228 Å². The Morgan fingerprint density at radius 3 is 2.60 bits per heavy atom. The lowest BCUT2D eigenvalue weighted by molar-refractivity contribution is 0.281. The number of hydrogen-bond acceptors (Lipinski definition) is 7. The molecule has 4 aromatic heterocycles. The van der Waals surface area contributed by atoms with E-state index in [0.717, 1.165) is 15.8 Å². The third kappa shape index (κ3) is 4.68. The Hall–Kier alpha value is -4.64. The molecule has 0 saturated carbocycles. The fourth-order valence-electron chi connectivity index (χ4n) is 4.71. The monoisotopic (exact) mass is 543 g/mol. The van der Waals surface area contributed by atoms with E-state index in [4.69, 9.17) is 0 Å². The zero-order chi connectivity index (χ0) is 28.8. The molecular formula is C29H30FN7O3. The van der Waals surface area contributed by atoms with Crippen molar-refractivity contribution in [2.75, 3.05) is 5.32 Å². The standard InChI is InChI=1S/C29H30FN7O3/c1-6-16-12-32-36-25(16)35-23-11-20(15(2)34-27(23)39)19-7-8-31-26(21(19)14-38)37-28(40)24-17(13-33-37)9-18(10-22(24)30)29(3,4)5/h7-13,38H,6,14H2,1-5H3,(H,34,39)(H2,32,35,36). The Kier molecular flexibility index (Phi) is 6.84. The number of aromatic amines is 2. The normalized spacial score (nSPS) is 11.8. The molecule has 0 fully saturated rings. The van der Waals surface area contributed by atoms with Gasteiger partial charge >= 0.3 is 0 Å². The first-order valence-electron chi connectivity index (χ1n) is 12.9. The van der Waals surface area contributed by atoms with Gasteiger partial charge in [0.15, 0.2) is 5.82 Å². The quantitative estimate of drug-likeness (QED) is 0.249. The summed E-state index contributed by atoms with van der Waals surface area (Å²) in [5, 5.41) is 25.0. The zero-order valence-electron chi connectivity index (χ0n) is 22.9. The molecule has 40 heavy (non-hydrogen) atoms. The van der Waals surface area contributed by atoms with Crippen molar-refractivity contribution >= 4 is 22.3 Å². The molecule has 0 saturated heterocycles. The summed E-state index contributed by atoms with van der Waals surface area (Å²) in [6, 6.07) is 6.47. The molecule has 0 unspecified atom stereocenters. The predicted molar refractivity (Wildman–Crippen MR) is 152 cm³/mol. The Balaban J connectivity index is 1.66. The molecule has 0 aliphatic heterocycles. The highest BCUT2D eigenvalue weighted by atomic mass is 19.1. The van der Waals surface area contributed by atoms with Gasteiger partial charge in [0, 0.05) is 34.0 Å². The number of fused-ring (bicyclic) bond motifs is 1. The highest BCUT2D eigenvalue weighted by molar-refractivity contribution is 5.83. The number of rotatable bonds is 6. The fourth-order valence-corrected chi connectivity index (χ4v) is 4.71. The number of aliphatic hydroxyl groups excluding tert-OH is 1. The molecule has 4 heterocycles. The van der Waals surface area contributed by atoms with Crippen LogP contribution in [0.2, 0.25) is 0 Å². The van der Waals surface area contributed by atoms with Gasteiger partial charge in [-0.2, -0.15) is 14.9 Å². The molecule has 0 amide bonds. The number of nitrogens with zero attached hydrogens (tertiary/aromatic N) is 4. The van der Waals surface area contributed by atoms with Crippen molar-refractivity contribution in [1.29, 1.82) is 0 Å². The maximum absolute atomic E-state index is 15.2. The minimum absolute atomic E-state index is 0.0631. The van der Waals surface area contributed by atoms with Crippen LogP contribution in [-0.4, -0.2) is 35.1 Å². The van der Waals surface area contributed by atoms with E-state index in [-0.39, 0.29) is 27.9 Å². The average Bonchev–Trinajstić information content (AvgIpc) is 3.36. The number of aromatic nitrogens is 6. The van der Waals surface area contributed by atoms with Crippen LogP contribution in [0, 0.1) is 12.7 Å². The molecule has 206 valence electrons. The smallest absolute Gasteiger partial charge is 0.283 e. The van der Waals surface area contributed by atoms with Crippen LogP contribution in [0.15, 0.2) is 52.4 Å². The SMILES string of the molecule is CCc1cn[nH]c1Nc1cc(-c2ccnc(-n3ncc4cc(C(C)(C)C)cc(F)c4c3=O)c2CO)c(C)[nH]c1=O. The lowest BCUT2D eigenvalue weighted by Crippen LogP contribution is -2.25. The van der Waals surface area contributed by atoms with Gasteiger partial charge in [-0.05, 0) is 54.2 Å². The minimum Gasteiger partial charge on any atom is -0.392 e. The number of halogens is 1. The maximum Gasteiger partial charge on any atom is 0.283 e. The number of nitrogens with one attached hydrogen (secondary N) is 3. The summed E-state index contributed by atoms with van der Waals surface area (Å²) in [4.78, 5) is 33.4. The van der Waals surface area contributed by atoms with Gasteiger partial charge in [0.05, 0.1) is 24.4 Å². The van der Waals surface area contributed by atoms with Gasteiger partial charge < -0.3 is 15.4 Å². The minimum atomic E-state index is -0.693. The summed E-state index contributed by atoms with van der Waals surface area (Å²) >= 11 is 0. The molecule has 0 bridgehead atoms. The van der Waals surface area contributed by atoms with Crippen molar-refractivity contribution in [3.05, 3.63) is 91.8 Å². The van der Waals surface area contributed by atoms with Crippen LogP contribution < -0.4 is 16.4 Å². The van der Waals surface area contributed by atoms with Crippen LogP contribution in [0.3, 0.4) is 0 Å². The van der Waals surface area contributed by atoms with E-state index in [0.29, 0.717) is 40.0 Å². The number of hydrogen-bond donors (Lipinski definition) is 4. The first-order chi connectivity index (χ1) is 19.0. The number of pyridine rings is 2. The third-order valence-electron chi connectivity index (χ3n) is 6.98. The number of H-pyrrole nitrogens is 2. The van der Waals surface area contributed by atoms with E-state index in [1.54, 1.807) is 31.3 Å². The molecule has 0 spiro atoms. The summed E-state index contributed by atoms with van der Waals surface area (Å²) in [5.41, 5.74) is 2.53. The van der Waals surface area contributed by atoms with Gasteiger partial charge in [0.25, 0.3) is 11.1 Å². The fraction of sp³-hybridized carbons (Fsp3) is 0.276. The van der Waals surface area contributed by atoms with Crippen LogP contribution in [0.5, 0.6) is 0 Å². The van der Waals surface area contributed by atoms with Crippen molar-refractivity contribution in [2.24, 2.45) is 0 Å². The van der Waals surface area contributed by atoms with Crippen LogP contribution in [-0.2, 0) is 18.4 Å². The largest absolute Gasteiger partial charge is 0.392 e. The second-order valence-corrected chi connectivity index (χ2v) is 10.7. The van der Waals surface area contributed by atoms with E-state index >= 15 is 4.39 Å². The van der Waals surface area contributed by atoms with E-state index in [9.17, 15) is 14.7 Å². The van der Waals surface area contributed by atoms with Gasteiger partial charge in [0.1, 0.15) is 17.3 Å². The highest BCUT2D eigenvalue weighted by Crippen LogP contribution is 2.31. The van der Waals surface area contributed by atoms with Gasteiger partial charge in [-0.3, -0.25) is 14.7 Å². The molecule has 5 aromatic rings.